The first-order valence-corrected chi connectivity index (χ1v) is 5.88. The molecule has 1 heterocycles. The summed E-state index contributed by atoms with van der Waals surface area (Å²) in [6, 6.07) is 1.05. The standard InChI is InChI=1S/C11H21N3O/c1-9-7-14(6-5-12-9)8-11(15)13(2)10-3-4-10/h9-10,12H,3-8H2,1-2H3/t9-/m1/s1. The number of nitrogens with one attached hydrogen (secondary N) is 1. The fraction of sp³-hybridized carbons (Fsp3) is 0.909. The molecule has 0 unspecified atom stereocenters. The summed E-state index contributed by atoms with van der Waals surface area (Å²) in [6.45, 7) is 5.75. The van der Waals surface area contributed by atoms with Gasteiger partial charge in [-0.1, -0.05) is 0 Å². The van der Waals surface area contributed by atoms with Crippen LogP contribution in [0, 0.1) is 0 Å². The fourth-order valence-electron chi connectivity index (χ4n) is 2.12. The molecule has 1 aliphatic carbocycles. The Kier molecular flexibility index (Phi) is 3.26. The van der Waals surface area contributed by atoms with Crippen LogP contribution < -0.4 is 5.32 Å². The minimum absolute atomic E-state index is 0.284. The van der Waals surface area contributed by atoms with Crippen molar-refractivity contribution in [2.24, 2.45) is 0 Å². The molecule has 2 aliphatic rings. The summed E-state index contributed by atoms with van der Waals surface area (Å²) in [5, 5.41) is 3.38. The lowest BCUT2D eigenvalue weighted by Gasteiger charge is -2.32. The summed E-state index contributed by atoms with van der Waals surface area (Å²) in [4.78, 5) is 16.0. The highest BCUT2D eigenvalue weighted by Gasteiger charge is 2.30. The largest absolute Gasteiger partial charge is 0.342 e. The maximum absolute atomic E-state index is 11.9. The monoisotopic (exact) mass is 211 g/mol. The van der Waals surface area contributed by atoms with E-state index in [0.717, 1.165) is 19.6 Å². The second-order valence-corrected chi connectivity index (χ2v) is 4.83. The molecule has 1 amide bonds. The van der Waals surface area contributed by atoms with Crippen molar-refractivity contribution in [1.82, 2.24) is 15.1 Å². The fourth-order valence-corrected chi connectivity index (χ4v) is 2.12. The molecule has 1 aliphatic heterocycles. The lowest BCUT2D eigenvalue weighted by Crippen LogP contribution is -2.52. The highest BCUT2D eigenvalue weighted by Crippen LogP contribution is 2.25. The van der Waals surface area contributed by atoms with Crippen LogP contribution in [0.15, 0.2) is 0 Å². The van der Waals surface area contributed by atoms with Crippen molar-refractivity contribution in [3.63, 3.8) is 0 Å². The molecule has 86 valence electrons. The normalized spacial score (nSPS) is 27.7. The van der Waals surface area contributed by atoms with Gasteiger partial charge in [-0.2, -0.15) is 0 Å². The number of amides is 1. The maximum atomic E-state index is 11.9. The second kappa shape index (κ2) is 4.49. The minimum Gasteiger partial charge on any atom is -0.342 e. The Labute approximate surface area is 91.6 Å². The van der Waals surface area contributed by atoms with Gasteiger partial charge in [-0.3, -0.25) is 9.69 Å². The number of piperazine rings is 1. The van der Waals surface area contributed by atoms with Gasteiger partial charge in [0.2, 0.25) is 5.91 Å². The van der Waals surface area contributed by atoms with Crippen molar-refractivity contribution >= 4 is 5.91 Å². The molecule has 0 aromatic heterocycles. The quantitative estimate of drug-likeness (QED) is 0.708. The number of nitrogens with zero attached hydrogens (tertiary/aromatic N) is 2. The predicted molar refractivity (Wildman–Crippen MR) is 59.7 cm³/mol. The summed E-state index contributed by atoms with van der Waals surface area (Å²) in [6.07, 6.45) is 2.39. The number of hydrogen-bond acceptors (Lipinski definition) is 3. The zero-order valence-electron chi connectivity index (χ0n) is 9.70. The van der Waals surface area contributed by atoms with E-state index in [0.29, 0.717) is 18.6 Å². The van der Waals surface area contributed by atoms with Gasteiger partial charge in [0.1, 0.15) is 0 Å². The zero-order valence-corrected chi connectivity index (χ0v) is 9.70. The van der Waals surface area contributed by atoms with Crippen LogP contribution in [0.25, 0.3) is 0 Å². The molecule has 0 spiro atoms. The topological polar surface area (TPSA) is 35.6 Å². The molecule has 2 rings (SSSR count). The molecular weight excluding hydrogens is 190 g/mol. The summed E-state index contributed by atoms with van der Waals surface area (Å²) in [5.74, 6) is 0.284. The van der Waals surface area contributed by atoms with E-state index in [1.807, 2.05) is 11.9 Å². The van der Waals surface area contributed by atoms with E-state index in [-0.39, 0.29) is 5.91 Å². The predicted octanol–water partition coefficient (Wildman–Crippen LogP) is -0.0991. The van der Waals surface area contributed by atoms with E-state index in [1.54, 1.807) is 0 Å². The molecule has 4 nitrogen and oxygen atoms in total. The molecule has 2 fully saturated rings. The molecule has 0 radical (unpaired) electrons. The van der Waals surface area contributed by atoms with E-state index >= 15 is 0 Å². The first kappa shape index (κ1) is 10.9. The van der Waals surface area contributed by atoms with E-state index in [4.69, 9.17) is 0 Å². The highest BCUT2D eigenvalue weighted by molar-refractivity contribution is 5.78. The van der Waals surface area contributed by atoms with Crippen LogP contribution >= 0.6 is 0 Å². The molecule has 4 heteroatoms. The van der Waals surface area contributed by atoms with Crippen LogP contribution in [0.3, 0.4) is 0 Å². The summed E-state index contributed by atoms with van der Waals surface area (Å²) >= 11 is 0. The third kappa shape index (κ3) is 2.92. The van der Waals surface area contributed by atoms with Gasteiger partial charge in [-0.25, -0.2) is 0 Å². The van der Waals surface area contributed by atoms with Gasteiger partial charge in [0.15, 0.2) is 0 Å². The van der Waals surface area contributed by atoms with Gasteiger partial charge in [-0.15, -0.1) is 0 Å². The van der Waals surface area contributed by atoms with Gasteiger partial charge in [0, 0.05) is 38.8 Å². The molecule has 15 heavy (non-hydrogen) atoms. The van der Waals surface area contributed by atoms with Gasteiger partial charge in [-0.05, 0) is 19.8 Å². The zero-order chi connectivity index (χ0) is 10.8. The van der Waals surface area contributed by atoms with E-state index < -0.39 is 0 Å². The van der Waals surface area contributed by atoms with Crippen LogP contribution in [-0.2, 0) is 4.79 Å². The number of hydrogen-bond donors (Lipinski definition) is 1. The summed E-state index contributed by atoms with van der Waals surface area (Å²) < 4.78 is 0. The third-order valence-electron chi connectivity index (χ3n) is 3.30. The van der Waals surface area contributed by atoms with Gasteiger partial charge in [0.05, 0.1) is 6.54 Å². The Morgan fingerprint density at radius 3 is 2.87 bits per heavy atom. The Morgan fingerprint density at radius 1 is 1.53 bits per heavy atom. The third-order valence-corrected chi connectivity index (χ3v) is 3.30. The second-order valence-electron chi connectivity index (χ2n) is 4.83. The van der Waals surface area contributed by atoms with Crippen LogP contribution in [-0.4, -0.2) is 61.0 Å². The van der Waals surface area contributed by atoms with E-state index in [2.05, 4.69) is 17.1 Å². The summed E-state index contributed by atoms with van der Waals surface area (Å²) in [5.41, 5.74) is 0. The average molecular weight is 211 g/mol. The molecule has 1 N–H and O–H groups in total. The molecule has 0 aromatic rings. The molecule has 1 atom stereocenters. The molecule has 0 aromatic carbocycles. The van der Waals surface area contributed by atoms with Crippen LogP contribution in [0.2, 0.25) is 0 Å². The van der Waals surface area contributed by atoms with Crippen LogP contribution in [0.4, 0.5) is 0 Å². The SMILES string of the molecule is C[C@@H]1CN(CC(=O)N(C)C2CC2)CCN1. The molecule has 1 saturated heterocycles. The first-order chi connectivity index (χ1) is 7.16. The Hall–Kier alpha value is -0.610. The minimum atomic E-state index is 0.284. The van der Waals surface area contributed by atoms with Crippen molar-refractivity contribution in [2.45, 2.75) is 31.8 Å². The number of carbonyl (C=O) groups excluding carboxylic acids is 1. The van der Waals surface area contributed by atoms with Gasteiger partial charge in [0.25, 0.3) is 0 Å². The first-order valence-electron chi connectivity index (χ1n) is 5.88. The Bertz CT molecular complexity index is 240. The van der Waals surface area contributed by atoms with Crippen molar-refractivity contribution < 1.29 is 4.79 Å². The van der Waals surface area contributed by atoms with Crippen LogP contribution in [0.5, 0.6) is 0 Å². The average Bonchev–Trinajstić information content (AvgIpc) is 2.99. The van der Waals surface area contributed by atoms with Crippen molar-refractivity contribution in [3.8, 4) is 0 Å². The maximum Gasteiger partial charge on any atom is 0.236 e. The Morgan fingerprint density at radius 2 is 2.27 bits per heavy atom. The van der Waals surface area contributed by atoms with Gasteiger partial charge < -0.3 is 10.2 Å². The molecule has 1 saturated carbocycles. The highest BCUT2D eigenvalue weighted by atomic mass is 16.2. The molecular formula is C11H21N3O. The summed E-state index contributed by atoms with van der Waals surface area (Å²) in [7, 11) is 1.94. The number of likely N-dealkylation sites (N-methyl/N-ethyl adjacent to an activating group) is 1. The number of rotatable bonds is 3. The van der Waals surface area contributed by atoms with E-state index in [9.17, 15) is 4.79 Å². The number of carbonyl (C=O) groups is 1. The van der Waals surface area contributed by atoms with Crippen molar-refractivity contribution in [2.75, 3.05) is 33.2 Å². The Balaban J connectivity index is 1.77. The van der Waals surface area contributed by atoms with Gasteiger partial charge >= 0.3 is 0 Å². The van der Waals surface area contributed by atoms with Crippen molar-refractivity contribution in [3.05, 3.63) is 0 Å². The van der Waals surface area contributed by atoms with Crippen LogP contribution in [0.1, 0.15) is 19.8 Å². The van der Waals surface area contributed by atoms with Crippen molar-refractivity contribution in [1.29, 1.82) is 0 Å². The lowest BCUT2D eigenvalue weighted by atomic mass is 10.2. The molecule has 0 bridgehead atoms. The lowest BCUT2D eigenvalue weighted by molar-refractivity contribution is -0.131. The smallest absolute Gasteiger partial charge is 0.236 e. The van der Waals surface area contributed by atoms with E-state index in [1.165, 1.54) is 12.8 Å².